The van der Waals surface area contributed by atoms with Crippen LogP contribution in [0.4, 0.5) is 27.6 Å². The zero-order valence-electron chi connectivity index (χ0n) is 18.4. The summed E-state index contributed by atoms with van der Waals surface area (Å²) in [5.74, 6) is -6.83. The molecule has 1 aromatic heterocycles. The number of aromatic nitrogens is 3. The second-order valence-electron chi connectivity index (χ2n) is 7.22. The number of rotatable bonds is 7. The van der Waals surface area contributed by atoms with Crippen LogP contribution in [-0.2, 0) is 6.54 Å². The third-order valence-electron chi connectivity index (χ3n) is 4.86. The van der Waals surface area contributed by atoms with Crippen LogP contribution in [-0.4, -0.2) is 43.6 Å². The van der Waals surface area contributed by atoms with E-state index in [2.05, 4.69) is 5.10 Å². The number of alkyl halides is 3. The average Bonchev–Trinajstić information content (AvgIpc) is 3.12. The summed E-state index contributed by atoms with van der Waals surface area (Å²) in [4.78, 5) is 36.8. The number of hydrogen-bond donors (Lipinski definition) is 2. The van der Waals surface area contributed by atoms with Crippen molar-refractivity contribution in [1.82, 2.24) is 14.3 Å². The standard InChI is InChI=1S/C21H16ClF5N4O5/c1-3-30-17(19(33)34)29-31(20(30)35)14-8-15(36-9(2)21(25,26)27)10(7-13(14)24)18(32)28-16-11(22)5-4-6-12(16)23/h4-9H,3H2,1-2H3,(H,28,32)(H,33,34). The van der Waals surface area contributed by atoms with Gasteiger partial charge in [-0.2, -0.15) is 17.9 Å². The molecule has 0 saturated heterocycles. The minimum Gasteiger partial charge on any atom is -0.480 e. The zero-order chi connectivity index (χ0) is 26.9. The maximum Gasteiger partial charge on any atom is 0.425 e. The lowest BCUT2D eigenvalue weighted by Gasteiger charge is -2.20. The number of nitrogens with zero attached hydrogens (tertiary/aromatic N) is 3. The average molecular weight is 535 g/mol. The monoisotopic (exact) mass is 534 g/mol. The highest BCUT2D eigenvalue weighted by molar-refractivity contribution is 6.34. The number of carbonyl (C=O) groups excluding carboxylic acids is 1. The van der Waals surface area contributed by atoms with E-state index in [9.17, 15) is 37.1 Å². The van der Waals surface area contributed by atoms with Gasteiger partial charge < -0.3 is 15.2 Å². The molecule has 2 aromatic carbocycles. The lowest BCUT2D eigenvalue weighted by molar-refractivity contribution is -0.189. The second kappa shape index (κ2) is 9.97. The predicted octanol–water partition coefficient (Wildman–Crippen LogP) is 4.27. The molecule has 1 atom stereocenters. The van der Waals surface area contributed by atoms with Gasteiger partial charge in [0, 0.05) is 12.6 Å². The maximum absolute atomic E-state index is 15.1. The van der Waals surface area contributed by atoms with E-state index in [0.717, 1.165) is 6.07 Å². The Morgan fingerprint density at radius 1 is 1.22 bits per heavy atom. The highest BCUT2D eigenvalue weighted by Gasteiger charge is 2.39. The van der Waals surface area contributed by atoms with E-state index in [4.69, 9.17) is 16.3 Å². The molecule has 0 spiro atoms. The van der Waals surface area contributed by atoms with Gasteiger partial charge >= 0.3 is 17.8 Å². The van der Waals surface area contributed by atoms with Crippen molar-refractivity contribution in [3.63, 3.8) is 0 Å². The van der Waals surface area contributed by atoms with Crippen molar-refractivity contribution in [1.29, 1.82) is 0 Å². The summed E-state index contributed by atoms with van der Waals surface area (Å²) in [7, 11) is 0. The third kappa shape index (κ3) is 5.17. The first-order chi connectivity index (χ1) is 16.8. The van der Waals surface area contributed by atoms with E-state index < -0.39 is 70.0 Å². The molecular weight excluding hydrogens is 519 g/mol. The SMILES string of the molecule is CCn1c(C(=O)O)nn(-c2cc(OC(C)C(F)(F)F)c(C(=O)Nc3c(F)cccc3Cl)cc2F)c1=O. The Labute approximate surface area is 203 Å². The Balaban J connectivity index is 2.18. The Morgan fingerprint density at radius 3 is 2.42 bits per heavy atom. The number of aromatic carboxylic acids is 1. The fraction of sp³-hybridized carbons (Fsp3) is 0.238. The quantitative estimate of drug-likeness (QED) is 0.438. The maximum atomic E-state index is 15.1. The van der Waals surface area contributed by atoms with Crippen LogP contribution in [0.1, 0.15) is 34.8 Å². The fourth-order valence-corrected chi connectivity index (χ4v) is 3.24. The van der Waals surface area contributed by atoms with Crippen LogP contribution in [0.25, 0.3) is 5.69 Å². The number of para-hydroxylation sites is 1. The number of nitrogens with one attached hydrogen (secondary N) is 1. The van der Waals surface area contributed by atoms with E-state index in [1.807, 2.05) is 5.32 Å². The normalized spacial score (nSPS) is 12.3. The molecule has 0 aliphatic carbocycles. The summed E-state index contributed by atoms with van der Waals surface area (Å²) in [5.41, 5.74) is -3.22. The summed E-state index contributed by atoms with van der Waals surface area (Å²) >= 11 is 5.85. The Kier molecular flexibility index (Phi) is 7.38. The van der Waals surface area contributed by atoms with Gasteiger partial charge in [0.2, 0.25) is 5.82 Å². The van der Waals surface area contributed by atoms with Gasteiger partial charge in [0.05, 0.1) is 16.3 Å². The molecular formula is C21H16ClF5N4O5. The van der Waals surface area contributed by atoms with Crippen molar-refractivity contribution in [3.05, 3.63) is 68.9 Å². The minimum absolute atomic E-state index is 0.166. The molecule has 2 N–H and O–H groups in total. The van der Waals surface area contributed by atoms with Crippen LogP contribution in [0, 0.1) is 11.6 Å². The van der Waals surface area contributed by atoms with Gasteiger partial charge in [-0.1, -0.05) is 17.7 Å². The van der Waals surface area contributed by atoms with Gasteiger partial charge in [0.1, 0.15) is 23.1 Å². The van der Waals surface area contributed by atoms with Gasteiger partial charge in [-0.05, 0) is 32.0 Å². The van der Waals surface area contributed by atoms with Crippen molar-refractivity contribution in [2.45, 2.75) is 32.7 Å². The van der Waals surface area contributed by atoms with Crippen LogP contribution in [0.2, 0.25) is 5.02 Å². The smallest absolute Gasteiger partial charge is 0.425 e. The highest BCUT2D eigenvalue weighted by Crippen LogP contribution is 2.32. The van der Waals surface area contributed by atoms with Gasteiger partial charge in [-0.15, -0.1) is 5.10 Å². The van der Waals surface area contributed by atoms with Crippen LogP contribution in [0.3, 0.4) is 0 Å². The van der Waals surface area contributed by atoms with Crippen LogP contribution in [0.5, 0.6) is 5.75 Å². The predicted molar refractivity (Wildman–Crippen MR) is 116 cm³/mol. The number of benzene rings is 2. The molecule has 0 saturated carbocycles. The number of ether oxygens (including phenoxy) is 1. The molecule has 0 fully saturated rings. The van der Waals surface area contributed by atoms with Crippen molar-refractivity contribution < 1.29 is 41.4 Å². The van der Waals surface area contributed by atoms with Crippen molar-refractivity contribution in [2.75, 3.05) is 5.32 Å². The van der Waals surface area contributed by atoms with Crippen LogP contribution >= 0.6 is 11.6 Å². The molecule has 0 aliphatic rings. The van der Waals surface area contributed by atoms with E-state index in [-0.39, 0.29) is 11.6 Å². The fourth-order valence-electron chi connectivity index (χ4n) is 3.03. The largest absolute Gasteiger partial charge is 0.480 e. The van der Waals surface area contributed by atoms with Gasteiger partial charge in [-0.25, -0.2) is 18.4 Å². The molecule has 0 radical (unpaired) electrons. The zero-order valence-corrected chi connectivity index (χ0v) is 19.1. The van der Waals surface area contributed by atoms with Crippen LogP contribution in [0.15, 0.2) is 35.1 Å². The van der Waals surface area contributed by atoms with E-state index in [0.29, 0.717) is 28.3 Å². The second-order valence-corrected chi connectivity index (χ2v) is 7.63. The number of hydrogen-bond acceptors (Lipinski definition) is 5. The summed E-state index contributed by atoms with van der Waals surface area (Å²) in [6.07, 6.45) is -7.41. The van der Waals surface area contributed by atoms with E-state index in [1.165, 1.54) is 19.1 Å². The van der Waals surface area contributed by atoms with E-state index >= 15 is 4.39 Å². The van der Waals surface area contributed by atoms with Gasteiger partial charge in [0.25, 0.3) is 5.91 Å². The summed E-state index contributed by atoms with van der Waals surface area (Å²) in [5, 5.41) is 14.6. The summed E-state index contributed by atoms with van der Waals surface area (Å²) in [6.45, 7) is 1.86. The summed E-state index contributed by atoms with van der Waals surface area (Å²) in [6, 6.07) is 4.43. The first-order valence-electron chi connectivity index (χ1n) is 10.0. The lowest BCUT2D eigenvalue weighted by Crippen LogP contribution is -2.32. The number of carboxylic acid groups (broad SMARTS) is 1. The molecule has 0 bridgehead atoms. The highest BCUT2D eigenvalue weighted by atomic mass is 35.5. The Bertz CT molecular complexity index is 1380. The molecule has 15 heteroatoms. The molecule has 1 unspecified atom stereocenters. The first-order valence-corrected chi connectivity index (χ1v) is 10.4. The molecule has 0 aliphatic heterocycles. The number of carbonyl (C=O) groups is 2. The molecule has 3 aromatic rings. The number of anilines is 1. The van der Waals surface area contributed by atoms with Gasteiger partial charge in [-0.3, -0.25) is 9.36 Å². The Morgan fingerprint density at radius 2 is 1.89 bits per heavy atom. The first kappa shape index (κ1) is 26.7. The van der Waals surface area contributed by atoms with Gasteiger partial charge in [0.15, 0.2) is 6.10 Å². The number of carboxylic acids is 1. The number of halogens is 6. The topological polar surface area (TPSA) is 115 Å². The lowest BCUT2D eigenvalue weighted by atomic mass is 10.1. The minimum atomic E-state index is -4.91. The molecule has 1 amide bonds. The number of amides is 1. The Hall–Kier alpha value is -3.94. The van der Waals surface area contributed by atoms with Crippen molar-refractivity contribution in [2.24, 2.45) is 0 Å². The molecule has 192 valence electrons. The van der Waals surface area contributed by atoms with Crippen molar-refractivity contribution >= 4 is 29.2 Å². The molecule has 36 heavy (non-hydrogen) atoms. The van der Waals surface area contributed by atoms with E-state index in [1.54, 1.807) is 0 Å². The van der Waals surface area contributed by atoms with Crippen LogP contribution < -0.4 is 15.7 Å². The molecule has 1 heterocycles. The summed E-state index contributed by atoms with van der Waals surface area (Å²) < 4.78 is 74.5. The van der Waals surface area contributed by atoms with Crippen molar-refractivity contribution in [3.8, 4) is 11.4 Å². The third-order valence-corrected chi connectivity index (χ3v) is 5.17. The molecule has 9 nitrogen and oxygen atoms in total. The molecule has 3 rings (SSSR count).